The molecule has 3 rings (SSSR count). The van der Waals surface area contributed by atoms with Crippen LogP contribution in [0.4, 0.5) is 14.9 Å². The molecule has 2 aromatic carbocycles. The van der Waals surface area contributed by atoms with Crippen molar-refractivity contribution in [2.75, 3.05) is 31.6 Å². The lowest BCUT2D eigenvalue weighted by molar-refractivity contribution is 0.122. The van der Waals surface area contributed by atoms with Gasteiger partial charge in [0.2, 0.25) is 0 Å². The molecule has 2 aromatic rings. The number of benzene rings is 2. The molecule has 1 unspecified atom stereocenters. The maximum Gasteiger partial charge on any atom is 0.414 e. The highest BCUT2D eigenvalue weighted by Crippen LogP contribution is 2.29. The van der Waals surface area contributed by atoms with Crippen LogP contribution in [-0.4, -0.2) is 43.9 Å². The Hall–Kier alpha value is -3.61. The highest BCUT2D eigenvalue weighted by molar-refractivity contribution is 5.90. The van der Waals surface area contributed by atoms with Gasteiger partial charge >= 0.3 is 6.09 Å². The molecule has 5 N–H and O–H groups in total. The molecule has 1 heterocycles. The fraction of sp³-hybridized carbons (Fsp3) is 0.273. The van der Waals surface area contributed by atoms with Gasteiger partial charge in [-0.15, -0.1) is 0 Å². The molecular formula is C22H25FN6O2. The van der Waals surface area contributed by atoms with E-state index in [-0.39, 0.29) is 13.1 Å². The number of rotatable bonds is 8. The van der Waals surface area contributed by atoms with Crippen LogP contribution in [0.1, 0.15) is 12.0 Å². The van der Waals surface area contributed by atoms with Crippen LogP contribution in [0.2, 0.25) is 0 Å². The number of halogens is 1. The fourth-order valence-corrected chi connectivity index (χ4v) is 3.29. The average Bonchev–Trinajstić information content (AvgIpc) is 3.12. The lowest BCUT2D eigenvalue weighted by Crippen LogP contribution is -2.36. The van der Waals surface area contributed by atoms with Gasteiger partial charge in [0, 0.05) is 30.4 Å². The zero-order valence-electron chi connectivity index (χ0n) is 17.2. The molecule has 0 saturated carbocycles. The minimum Gasteiger partial charge on any atom is -0.442 e. The monoisotopic (exact) mass is 424 g/mol. The number of ether oxygens (including phenoxy) is 1. The maximum absolute atomic E-state index is 14.8. The van der Waals surface area contributed by atoms with E-state index in [1.807, 2.05) is 13.1 Å². The number of nitrogens with two attached hydrogens (primary N) is 2. The van der Waals surface area contributed by atoms with Crippen molar-refractivity contribution in [2.24, 2.45) is 11.6 Å². The predicted octanol–water partition coefficient (Wildman–Crippen LogP) is 2.27. The van der Waals surface area contributed by atoms with Crippen LogP contribution in [0.15, 0.2) is 54.4 Å². The van der Waals surface area contributed by atoms with E-state index in [2.05, 4.69) is 5.32 Å². The van der Waals surface area contributed by atoms with Gasteiger partial charge in [0.05, 0.1) is 30.4 Å². The SMILES string of the molecule is CNCC/C(N)=C/N(N)CC1CN(c2ccc(-c3ccc(C#N)cc3)c(F)c2)C(=O)O1. The van der Waals surface area contributed by atoms with Crippen LogP contribution in [-0.2, 0) is 4.74 Å². The molecular weight excluding hydrogens is 399 g/mol. The molecule has 0 aromatic heterocycles. The Bertz CT molecular complexity index is 1000. The van der Waals surface area contributed by atoms with E-state index in [1.165, 1.54) is 16.0 Å². The first-order chi connectivity index (χ1) is 14.9. The number of nitrogens with zero attached hydrogens (tertiary/aromatic N) is 3. The first-order valence-electron chi connectivity index (χ1n) is 9.81. The zero-order valence-corrected chi connectivity index (χ0v) is 17.2. The van der Waals surface area contributed by atoms with Crippen molar-refractivity contribution in [1.82, 2.24) is 10.3 Å². The van der Waals surface area contributed by atoms with E-state index in [0.717, 1.165) is 6.54 Å². The van der Waals surface area contributed by atoms with Gasteiger partial charge in [-0.05, 0) is 42.9 Å². The summed E-state index contributed by atoms with van der Waals surface area (Å²) in [4.78, 5) is 13.7. The second-order valence-corrected chi connectivity index (χ2v) is 7.22. The number of cyclic esters (lactones) is 1. The summed E-state index contributed by atoms with van der Waals surface area (Å²) in [5, 5.41) is 13.3. The van der Waals surface area contributed by atoms with Crippen LogP contribution >= 0.6 is 0 Å². The van der Waals surface area contributed by atoms with Crippen LogP contribution in [0.3, 0.4) is 0 Å². The highest BCUT2D eigenvalue weighted by Gasteiger charge is 2.33. The molecule has 9 heteroatoms. The van der Waals surface area contributed by atoms with Crippen LogP contribution in [0.25, 0.3) is 11.1 Å². The first-order valence-corrected chi connectivity index (χ1v) is 9.81. The molecule has 0 aliphatic carbocycles. The summed E-state index contributed by atoms with van der Waals surface area (Å²) in [6.07, 6.45) is 1.22. The lowest BCUT2D eigenvalue weighted by atomic mass is 10.0. The minimum atomic E-state index is -0.559. The van der Waals surface area contributed by atoms with E-state index in [1.54, 1.807) is 42.6 Å². The number of amides is 1. The summed E-state index contributed by atoms with van der Waals surface area (Å²) in [6, 6.07) is 13.2. The minimum absolute atomic E-state index is 0.243. The second-order valence-electron chi connectivity index (χ2n) is 7.22. The molecule has 1 aliphatic heterocycles. The van der Waals surface area contributed by atoms with Crippen LogP contribution < -0.4 is 21.8 Å². The number of nitriles is 1. The van der Waals surface area contributed by atoms with Gasteiger partial charge in [-0.3, -0.25) is 4.90 Å². The Morgan fingerprint density at radius 3 is 2.77 bits per heavy atom. The smallest absolute Gasteiger partial charge is 0.414 e. The number of hydrazine groups is 1. The van der Waals surface area contributed by atoms with Crippen molar-refractivity contribution in [2.45, 2.75) is 12.5 Å². The lowest BCUT2D eigenvalue weighted by Gasteiger charge is -2.18. The Kier molecular flexibility index (Phi) is 7.07. The third-order valence-electron chi connectivity index (χ3n) is 4.87. The normalized spacial score (nSPS) is 16.2. The molecule has 0 radical (unpaired) electrons. The Labute approximate surface area is 180 Å². The Balaban J connectivity index is 1.67. The van der Waals surface area contributed by atoms with Crippen molar-refractivity contribution in [1.29, 1.82) is 5.26 Å². The third kappa shape index (κ3) is 5.51. The first kappa shape index (κ1) is 22.1. The predicted molar refractivity (Wildman–Crippen MR) is 116 cm³/mol. The van der Waals surface area contributed by atoms with E-state index >= 15 is 0 Å². The molecule has 1 aliphatic rings. The summed E-state index contributed by atoms with van der Waals surface area (Å²) in [6.45, 7) is 1.23. The molecule has 0 bridgehead atoms. The van der Waals surface area contributed by atoms with Gasteiger partial charge in [0.15, 0.2) is 0 Å². The maximum atomic E-state index is 14.8. The molecule has 1 saturated heterocycles. The van der Waals surface area contributed by atoms with Crippen molar-refractivity contribution >= 4 is 11.8 Å². The third-order valence-corrected chi connectivity index (χ3v) is 4.87. The number of anilines is 1. The van der Waals surface area contributed by atoms with Gasteiger partial charge < -0.3 is 20.8 Å². The number of hydrogen-bond acceptors (Lipinski definition) is 7. The van der Waals surface area contributed by atoms with Gasteiger partial charge in [-0.25, -0.2) is 15.0 Å². The molecule has 1 amide bonds. The summed E-state index contributed by atoms with van der Waals surface area (Å²) in [7, 11) is 1.83. The molecule has 31 heavy (non-hydrogen) atoms. The van der Waals surface area contributed by atoms with Gasteiger partial charge in [-0.2, -0.15) is 5.26 Å². The van der Waals surface area contributed by atoms with Crippen LogP contribution in [0, 0.1) is 17.1 Å². The standard InChI is InChI=1S/C22H25FN6O2/c1-27-9-8-17(25)12-28(26)13-19-14-29(22(30)31-19)18-6-7-20(21(23)10-18)16-4-2-15(11-24)3-5-16/h2-7,10,12,19,27H,8-9,13-14,25-26H2,1H3/b17-12-. The zero-order chi connectivity index (χ0) is 22.4. The molecule has 0 spiro atoms. The van der Waals surface area contributed by atoms with E-state index in [4.69, 9.17) is 21.6 Å². The van der Waals surface area contributed by atoms with Gasteiger partial charge in [0.1, 0.15) is 11.9 Å². The number of nitrogens with one attached hydrogen (secondary N) is 1. The molecule has 162 valence electrons. The fourth-order valence-electron chi connectivity index (χ4n) is 3.29. The summed E-state index contributed by atoms with van der Waals surface area (Å²) in [5.74, 6) is 5.48. The van der Waals surface area contributed by atoms with Crippen molar-refractivity contribution in [3.05, 3.63) is 65.7 Å². The highest BCUT2D eigenvalue weighted by atomic mass is 19.1. The van der Waals surface area contributed by atoms with Crippen molar-refractivity contribution in [3.8, 4) is 17.2 Å². The van der Waals surface area contributed by atoms with E-state index < -0.39 is 18.0 Å². The second kappa shape index (κ2) is 9.93. The number of carbonyl (C=O) groups excluding carboxylic acids is 1. The van der Waals surface area contributed by atoms with Crippen molar-refractivity contribution < 1.29 is 13.9 Å². The number of carbonyl (C=O) groups is 1. The van der Waals surface area contributed by atoms with Crippen molar-refractivity contribution in [3.63, 3.8) is 0 Å². The van der Waals surface area contributed by atoms with Gasteiger partial charge in [-0.1, -0.05) is 12.1 Å². The summed E-state index contributed by atoms with van der Waals surface area (Å²) >= 11 is 0. The summed E-state index contributed by atoms with van der Waals surface area (Å²) < 4.78 is 20.1. The van der Waals surface area contributed by atoms with E-state index in [9.17, 15) is 9.18 Å². The van der Waals surface area contributed by atoms with Crippen LogP contribution in [0.5, 0.6) is 0 Å². The summed E-state index contributed by atoms with van der Waals surface area (Å²) in [5.41, 5.74) is 8.43. The number of hydrogen-bond donors (Lipinski definition) is 3. The molecule has 8 nitrogen and oxygen atoms in total. The molecule has 1 fully saturated rings. The average molecular weight is 424 g/mol. The quantitative estimate of drug-likeness (QED) is 0.439. The van der Waals surface area contributed by atoms with Gasteiger partial charge in [0.25, 0.3) is 0 Å². The largest absolute Gasteiger partial charge is 0.442 e. The Morgan fingerprint density at radius 2 is 2.13 bits per heavy atom. The molecule has 1 atom stereocenters. The Morgan fingerprint density at radius 1 is 1.39 bits per heavy atom. The topological polar surface area (TPSA) is 121 Å². The van der Waals surface area contributed by atoms with E-state index in [0.29, 0.717) is 34.5 Å².